The molecule has 1 aromatic rings. The highest BCUT2D eigenvalue weighted by atomic mass is 16.5. The lowest BCUT2D eigenvalue weighted by atomic mass is 10.1. The highest BCUT2D eigenvalue weighted by Crippen LogP contribution is 2.21. The van der Waals surface area contributed by atoms with Crippen LogP contribution in [0.2, 0.25) is 0 Å². The Morgan fingerprint density at radius 3 is 2.53 bits per heavy atom. The molecular weight excluding hydrogens is 222 g/mol. The van der Waals surface area contributed by atoms with Crippen LogP contribution in [0.1, 0.15) is 15.9 Å². The third kappa shape index (κ3) is 3.34. The van der Waals surface area contributed by atoms with Crippen molar-refractivity contribution in [3.8, 4) is 5.75 Å². The van der Waals surface area contributed by atoms with Crippen LogP contribution in [0.5, 0.6) is 5.75 Å². The average molecular weight is 235 g/mol. The van der Waals surface area contributed by atoms with Gasteiger partial charge in [-0.1, -0.05) is 6.07 Å². The number of nitrogens with two attached hydrogens (primary N) is 1. The molecule has 0 spiro atoms. The fraction of sp³-hybridized carbons (Fsp3) is 0.167. The van der Waals surface area contributed by atoms with E-state index in [1.165, 1.54) is 32.4 Å². The fourth-order valence-electron chi connectivity index (χ4n) is 1.27. The van der Waals surface area contributed by atoms with E-state index in [0.717, 1.165) is 0 Å². The Hall–Kier alpha value is -2.30. The highest BCUT2D eigenvalue weighted by molar-refractivity contribution is 5.92. The second-order valence-corrected chi connectivity index (χ2v) is 3.18. The van der Waals surface area contributed by atoms with E-state index < -0.39 is 11.9 Å². The fourth-order valence-corrected chi connectivity index (χ4v) is 1.27. The molecule has 90 valence electrons. The molecule has 2 N–H and O–H groups in total. The Bertz CT molecular complexity index is 466. The number of benzene rings is 1. The molecule has 5 heteroatoms. The van der Waals surface area contributed by atoms with Gasteiger partial charge in [-0.05, 0) is 18.2 Å². The van der Waals surface area contributed by atoms with Crippen molar-refractivity contribution in [2.24, 2.45) is 5.73 Å². The van der Waals surface area contributed by atoms with Crippen molar-refractivity contribution in [2.45, 2.75) is 0 Å². The molecule has 17 heavy (non-hydrogen) atoms. The zero-order chi connectivity index (χ0) is 12.8. The first-order valence-electron chi connectivity index (χ1n) is 4.82. The molecule has 0 saturated heterocycles. The predicted molar refractivity (Wildman–Crippen MR) is 62.6 cm³/mol. The van der Waals surface area contributed by atoms with Crippen molar-refractivity contribution in [3.05, 3.63) is 35.4 Å². The van der Waals surface area contributed by atoms with E-state index in [-0.39, 0.29) is 0 Å². The van der Waals surface area contributed by atoms with Gasteiger partial charge < -0.3 is 15.2 Å². The van der Waals surface area contributed by atoms with E-state index >= 15 is 0 Å². The minimum absolute atomic E-state index is 0.376. The summed E-state index contributed by atoms with van der Waals surface area (Å²) in [4.78, 5) is 21.9. The minimum atomic E-state index is -0.552. The van der Waals surface area contributed by atoms with E-state index in [1.807, 2.05) is 0 Å². The zero-order valence-electron chi connectivity index (χ0n) is 9.60. The molecule has 0 fully saturated rings. The molecule has 1 aromatic carbocycles. The topological polar surface area (TPSA) is 78.6 Å². The van der Waals surface area contributed by atoms with Crippen LogP contribution in [0.4, 0.5) is 0 Å². The van der Waals surface area contributed by atoms with Crippen molar-refractivity contribution in [1.29, 1.82) is 0 Å². The molecule has 0 aliphatic heterocycles. The quantitative estimate of drug-likeness (QED) is 0.623. The molecule has 0 heterocycles. The maximum absolute atomic E-state index is 11.3. The summed E-state index contributed by atoms with van der Waals surface area (Å²) >= 11 is 0. The lowest BCUT2D eigenvalue weighted by molar-refractivity contribution is -0.113. The summed E-state index contributed by atoms with van der Waals surface area (Å²) in [7, 11) is 2.77. The Morgan fingerprint density at radius 2 is 2.00 bits per heavy atom. The summed E-state index contributed by atoms with van der Waals surface area (Å²) in [5.74, 6) is -0.539. The van der Waals surface area contributed by atoms with Gasteiger partial charge in [-0.15, -0.1) is 0 Å². The van der Waals surface area contributed by atoms with Crippen molar-refractivity contribution in [3.63, 3.8) is 0 Å². The number of rotatable bonds is 4. The molecule has 0 radical (unpaired) electrons. The maximum Gasteiger partial charge on any atom is 0.337 e. The third-order valence-corrected chi connectivity index (χ3v) is 2.08. The van der Waals surface area contributed by atoms with Crippen LogP contribution >= 0.6 is 0 Å². The van der Waals surface area contributed by atoms with E-state index in [1.54, 1.807) is 12.1 Å². The van der Waals surface area contributed by atoms with Crippen LogP contribution in [0.15, 0.2) is 24.3 Å². The predicted octanol–water partition coefficient (Wildman–Crippen LogP) is 0.980. The van der Waals surface area contributed by atoms with Crippen molar-refractivity contribution in [1.82, 2.24) is 0 Å². The molecule has 1 rings (SSSR count). The van der Waals surface area contributed by atoms with Crippen LogP contribution in [0.25, 0.3) is 6.08 Å². The summed E-state index contributed by atoms with van der Waals surface area (Å²) in [5.41, 5.74) is 6.02. The van der Waals surface area contributed by atoms with Gasteiger partial charge in [-0.2, -0.15) is 0 Å². The highest BCUT2D eigenvalue weighted by Gasteiger charge is 2.08. The van der Waals surface area contributed by atoms with Crippen LogP contribution in [-0.2, 0) is 9.53 Å². The third-order valence-electron chi connectivity index (χ3n) is 2.08. The first-order chi connectivity index (χ1) is 8.08. The molecule has 1 amide bonds. The molecule has 0 aliphatic carbocycles. The largest absolute Gasteiger partial charge is 0.496 e. The summed E-state index contributed by atoms with van der Waals surface area (Å²) in [6.07, 6.45) is 2.73. The Kier molecular flexibility index (Phi) is 4.28. The summed E-state index contributed by atoms with van der Waals surface area (Å²) in [5, 5.41) is 0. The van der Waals surface area contributed by atoms with Gasteiger partial charge in [0.25, 0.3) is 0 Å². The van der Waals surface area contributed by atoms with Crippen LogP contribution < -0.4 is 10.5 Å². The summed E-state index contributed by atoms with van der Waals surface area (Å²) in [6.45, 7) is 0. The number of hydrogen-bond donors (Lipinski definition) is 1. The molecule has 0 saturated carbocycles. The normalized spacial score (nSPS) is 10.2. The Balaban J connectivity index is 3.09. The molecule has 0 unspecified atom stereocenters. The van der Waals surface area contributed by atoms with Gasteiger partial charge in [0.1, 0.15) is 5.75 Å². The zero-order valence-corrected chi connectivity index (χ0v) is 9.60. The van der Waals surface area contributed by atoms with Gasteiger partial charge in [0, 0.05) is 11.6 Å². The van der Waals surface area contributed by atoms with Gasteiger partial charge >= 0.3 is 5.97 Å². The van der Waals surface area contributed by atoms with Gasteiger partial charge in [0.15, 0.2) is 0 Å². The molecule has 5 nitrogen and oxygen atoms in total. The number of methoxy groups -OCH3 is 2. The molecular formula is C12H13NO4. The minimum Gasteiger partial charge on any atom is -0.496 e. The first kappa shape index (κ1) is 12.8. The molecule has 0 aliphatic rings. The van der Waals surface area contributed by atoms with E-state index in [9.17, 15) is 9.59 Å². The van der Waals surface area contributed by atoms with Crippen molar-refractivity contribution in [2.75, 3.05) is 14.2 Å². The molecule has 0 atom stereocenters. The molecule has 0 aromatic heterocycles. The monoisotopic (exact) mass is 235 g/mol. The van der Waals surface area contributed by atoms with Gasteiger partial charge in [-0.3, -0.25) is 4.79 Å². The van der Waals surface area contributed by atoms with Crippen LogP contribution in [0.3, 0.4) is 0 Å². The van der Waals surface area contributed by atoms with Crippen LogP contribution in [-0.4, -0.2) is 26.1 Å². The lowest BCUT2D eigenvalue weighted by Crippen LogP contribution is -2.05. The number of esters is 1. The maximum atomic E-state index is 11.3. The second-order valence-electron chi connectivity index (χ2n) is 3.18. The van der Waals surface area contributed by atoms with E-state index in [4.69, 9.17) is 10.5 Å². The SMILES string of the molecule is COC(=O)c1ccc(C=CC(N)=O)c(OC)c1. The number of ether oxygens (including phenoxy) is 2. The molecule has 0 bridgehead atoms. The smallest absolute Gasteiger partial charge is 0.337 e. The number of carbonyl (C=O) groups is 2. The second kappa shape index (κ2) is 5.69. The van der Waals surface area contributed by atoms with Crippen molar-refractivity contribution < 1.29 is 19.1 Å². The van der Waals surface area contributed by atoms with Crippen LogP contribution in [0, 0.1) is 0 Å². The van der Waals surface area contributed by atoms with Crippen molar-refractivity contribution >= 4 is 18.0 Å². The average Bonchev–Trinajstić information content (AvgIpc) is 2.34. The number of carbonyl (C=O) groups excluding carboxylic acids is 2. The van der Waals surface area contributed by atoms with E-state index in [2.05, 4.69) is 4.74 Å². The summed E-state index contributed by atoms with van der Waals surface area (Å²) in [6, 6.07) is 4.76. The summed E-state index contributed by atoms with van der Waals surface area (Å²) < 4.78 is 9.69. The Morgan fingerprint density at radius 1 is 1.29 bits per heavy atom. The lowest BCUT2D eigenvalue weighted by Gasteiger charge is -2.06. The number of primary amides is 1. The Labute approximate surface area is 98.8 Å². The van der Waals surface area contributed by atoms with E-state index in [0.29, 0.717) is 16.9 Å². The van der Waals surface area contributed by atoms with Gasteiger partial charge in [0.2, 0.25) is 5.91 Å². The first-order valence-corrected chi connectivity index (χ1v) is 4.82. The standard InChI is InChI=1S/C12H13NO4/c1-16-10-7-9(12(15)17-2)4-3-8(10)5-6-11(13)14/h3-7H,1-2H3,(H2,13,14). The van der Waals surface area contributed by atoms with Gasteiger partial charge in [0.05, 0.1) is 19.8 Å². The van der Waals surface area contributed by atoms with Gasteiger partial charge in [-0.25, -0.2) is 4.79 Å². The number of hydrogen-bond acceptors (Lipinski definition) is 4. The number of amides is 1.